The number of aliphatic hydroxyl groups is 1. The van der Waals surface area contributed by atoms with Crippen molar-refractivity contribution in [2.75, 3.05) is 31.7 Å². The van der Waals surface area contributed by atoms with E-state index in [1.54, 1.807) is 6.92 Å². The van der Waals surface area contributed by atoms with Crippen molar-refractivity contribution in [3.8, 4) is 0 Å². The van der Waals surface area contributed by atoms with Gasteiger partial charge in [0.2, 0.25) is 0 Å². The molecule has 0 aromatic heterocycles. The van der Waals surface area contributed by atoms with Gasteiger partial charge in [0.05, 0.1) is 7.98 Å². The number of aliphatic carboxylic acids is 3. The van der Waals surface area contributed by atoms with E-state index >= 15 is 0 Å². The zero-order chi connectivity index (χ0) is 30.4. The lowest BCUT2D eigenvalue weighted by Crippen LogP contribution is -2.65. The van der Waals surface area contributed by atoms with Gasteiger partial charge in [-0.25, -0.2) is 0 Å². The molecule has 0 aromatic rings. The minimum absolute atomic E-state index is 0.172. The van der Waals surface area contributed by atoms with Gasteiger partial charge in [-0.3, -0.25) is 41.6 Å². The Hall–Kier alpha value is -1.26. The van der Waals surface area contributed by atoms with Crippen molar-refractivity contribution in [3.05, 3.63) is 0 Å². The summed E-state index contributed by atoms with van der Waals surface area (Å²) in [5.74, 6) is -8.40. The van der Waals surface area contributed by atoms with Crippen LogP contribution in [-0.2, 0) is 51.1 Å². The molecule has 7 N–H and O–H groups in total. The molecule has 0 saturated carbocycles. The van der Waals surface area contributed by atoms with Crippen LogP contribution < -0.4 is 0 Å². The Kier molecular flexibility index (Phi) is 12.0. The van der Waals surface area contributed by atoms with Gasteiger partial charge >= 0.3 is 40.7 Å². The second kappa shape index (κ2) is 13.9. The number of hydrogen-bond acceptors (Lipinski definition) is 12. The minimum Gasteiger partial charge on any atom is -0.481 e. The zero-order valence-electron chi connectivity index (χ0n) is 21.1. The summed E-state index contributed by atoms with van der Waals surface area (Å²) in [7, 11) is -15.7. The van der Waals surface area contributed by atoms with Gasteiger partial charge in [0.15, 0.2) is 5.79 Å². The summed E-state index contributed by atoms with van der Waals surface area (Å²) in [6.07, 6.45) is -13.0. The molecule has 1 aliphatic heterocycles. The SMILES string of the molecule is [2H]C(CCC)OC[C@H]1OC(C)(O)[C@H](OP(=O)(O)CC(=O)O)[C@@H](OP(=O)(O)CC(=O)O)[C@H]1OP(=O)(O)CC(=O)O. The van der Waals surface area contributed by atoms with E-state index in [1.807, 2.05) is 0 Å². The minimum atomic E-state index is -5.29. The van der Waals surface area contributed by atoms with Crippen LogP contribution in [0.15, 0.2) is 0 Å². The van der Waals surface area contributed by atoms with Crippen LogP contribution >= 0.6 is 22.8 Å². The molecule has 9 atom stereocenters. The lowest BCUT2D eigenvalue weighted by molar-refractivity contribution is -0.331. The number of hydrogen-bond donors (Lipinski definition) is 7. The zero-order valence-corrected chi connectivity index (χ0v) is 22.8. The molecule has 38 heavy (non-hydrogen) atoms. The van der Waals surface area contributed by atoms with Crippen molar-refractivity contribution in [2.45, 2.75) is 56.9 Å². The van der Waals surface area contributed by atoms with Crippen LogP contribution in [0.4, 0.5) is 0 Å². The van der Waals surface area contributed by atoms with Gasteiger partial charge < -0.3 is 44.6 Å². The Bertz CT molecular complexity index is 1030. The lowest BCUT2D eigenvalue weighted by Gasteiger charge is -2.49. The number of carboxylic acid groups (broad SMARTS) is 3. The first-order chi connectivity index (χ1) is 17.6. The van der Waals surface area contributed by atoms with Gasteiger partial charge in [-0.15, -0.1) is 0 Å². The van der Waals surface area contributed by atoms with E-state index in [4.69, 9.17) is 39.7 Å². The van der Waals surface area contributed by atoms with E-state index in [2.05, 4.69) is 0 Å². The smallest absolute Gasteiger partial charge is 0.339 e. The highest BCUT2D eigenvalue weighted by molar-refractivity contribution is 7.54. The Balaban J connectivity index is 3.67. The predicted octanol–water partition coefficient (Wildman–Crippen LogP) is -0.124. The van der Waals surface area contributed by atoms with Crippen LogP contribution in [0, 0.1) is 0 Å². The topological polar surface area (TPSA) is 290 Å². The van der Waals surface area contributed by atoms with Crippen LogP contribution in [0.1, 0.15) is 28.1 Å². The van der Waals surface area contributed by atoms with Crippen LogP contribution in [0.25, 0.3) is 0 Å². The average molecular weight is 617 g/mol. The molecule has 5 unspecified atom stereocenters. The normalized spacial score (nSPS) is 31.7. The summed E-state index contributed by atoms with van der Waals surface area (Å²) >= 11 is 0. The summed E-state index contributed by atoms with van der Waals surface area (Å²) in [5, 5.41) is 37.7. The Morgan fingerprint density at radius 3 is 1.71 bits per heavy atom. The summed E-state index contributed by atoms with van der Waals surface area (Å²) in [4.78, 5) is 63.3. The van der Waals surface area contributed by atoms with E-state index in [0.29, 0.717) is 6.42 Å². The highest BCUT2D eigenvalue weighted by Gasteiger charge is 2.59. The van der Waals surface area contributed by atoms with Gasteiger partial charge in [0.1, 0.15) is 42.9 Å². The van der Waals surface area contributed by atoms with Crippen molar-refractivity contribution >= 4 is 40.7 Å². The predicted molar refractivity (Wildman–Crippen MR) is 123 cm³/mol. The summed E-state index contributed by atoms with van der Waals surface area (Å²) in [5.41, 5.74) is 0. The van der Waals surface area contributed by atoms with E-state index in [1.165, 1.54) is 0 Å². The Morgan fingerprint density at radius 1 is 0.868 bits per heavy atom. The highest BCUT2D eigenvalue weighted by Crippen LogP contribution is 2.54. The molecular formula is C17H31O18P3. The second-order valence-corrected chi connectivity index (χ2v) is 13.6. The molecule has 0 aliphatic carbocycles. The fraction of sp³-hybridized carbons (Fsp3) is 0.824. The third-order valence-electron chi connectivity index (χ3n) is 4.55. The standard InChI is InChI=1S/C17H31O18P3/c1-3-4-5-31-6-10-14(33-36(25,26)7-11(18)19)15(34-37(27,28)8-12(20)21)16(17(2,24)32-10)35-38(29,30)9-13(22)23/h10,14-16,24H,3-9H2,1-2H3,(H,18,19)(H,20,21)(H,22,23)(H,25,26)(H,27,28)(H,29,30)/t10-,14+,15+,16-,17?/m1/s1/i5D/t5?,10-,14+,15+,16-,17?. The van der Waals surface area contributed by atoms with Gasteiger partial charge in [-0.1, -0.05) is 13.3 Å². The number of carboxylic acids is 3. The molecule has 18 nitrogen and oxygen atoms in total. The molecule has 1 aliphatic rings. The molecule has 0 bridgehead atoms. The van der Waals surface area contributed by atoms with Crippen molar-refractivity contribution in [1.82, 2.24) is 0 Å². The van der Waals surface area contributed by atoms with E-state index in [-0.39, 0.29) is 6.42 Å². The molecule has 1 heterocycles. The fourth-order valence-electron chi connectivity index (χ4n) is 3.21. The maximum Gasteiger partial charge on any atom is 0.339 e. The van der Waals surface area contributed by atoms with Gasteiger partial charge in [-0.05, 0) is 13.3 Å². The monoisotopic (exact) mass is 617 g/mol. The first-order valence-electron chi connectivity index (χ1n) is 11.3. The maximum absolute atomic E-state index is 12.5. The van der Waals surface area contributed by atoms with Gasteiger partial charge in [0.25, 0.3) is 0 Å². The van der Waals surface area contributed by atoms with E-state index < -0.39 is 103 Å². The third kappa shape index (κ3) is 11.9. The Morgan fingerprint density at radius 2 is 1.29 bits per heavy atom. The third-order valence-corrected chi connectivity index (χ3v) is 8.26. The van der Waals surface area contributed by atoms with Crippen molar-refractivity contribution in [1.29, 1.82) is 0 Å². The van der Waals surface area contributed by atoms with Gasteiger partial charge in [-0.2, -0.15) is 0 Å². The Labute approximate surface area is 217 Å². The first-order valence-corrected chi connectivity index (χ1v) is 16.0. The van der Waals surface area contributed by atoms with Gasteiger partial charge in [0, 0.05) is 6.58 Å². The molecular weight excluding hydrogens is 585 g/mol. The van der Waals surface area contributed by atoms with Crippen LogP contribution in [-0.4, -0.2) is 115 Å². The van der Waals surface area contributed by atoms with Crippen LogP contribution in [0.2, 0.25) is 0 Å². The molecule has 1 rings (SSSR count). The van der Waals surface area contributed by atoms with Crippen molar-refractivity contribution in [3.63, 3.8) is 0 Å². The second-order valence-electron chi connectivity index (χ2n) is 8.23. The fourth-order valence-corrected chi connectivity index (χ4v) is 6.37. The molecule has 0 aromatic carbocycles. The quantitative estimate of drug-likeness (QED) is 0.105. The molecule has 0 amide bonds. The first kappa shape index (κ1) is 32.9. The van der Waals surface area contributed by atoms with Crippen molar-refractivity contribution < 1.29 is 87.6 Å². The largest absolute Gasteiger partial charge is 0.481 e. The molecule has 222 valence electrons. The maximum atomic E-state index is 12.5. The number of ether oxygens (including phenoxy) is 2. The lowest BCUT2D eigenvalue weighted by atomic mass is 9.93. The van der Waals surface area contributed by atoms with Crippen molar-refractivity contribution in [2.24, 2.45) is 0 Å². The molecule has 1 saturated heterocycles. The molecule has 21 heteroatoms. The summed E-state index contributed by atoms with van der Waals surface area (Å²) < 4.78 is 70.5. The number of rotatable bonds is 17. The molecule has 0 spiro atoms. The summed E-state index contributed by atoms with van der Waals surface area (Å²) in [6.45, 7) is 0.484. The average Bonchev–Trinajstić information content (AvgIpc) is 2.68. The van der Waals surface area contributed by atoms with Crippen LogP contribution in [0.3, 0.4) is 0 Å². The van der Waals surface area contributed by atoms with Crippen LogP contribution in [0.5, 0.6) is 0 Å². The summed E-state index contributed by atoms with van der Waals surface area (Å²) in [6, 6.07) is 0. The molecule has 0 radical (unpaired) electrons. The number of carbonyl (C=O) groups is 3. The molecule has 1 fully saturated rings. The van der Waals surface area contributed by atoms with E-state index in [0.717, 1.165) is 6.92 Å². The highest BCUT2D eigenvalue weighted by atomic mass is 31.2. The van der Waals surface area contributed by atoms with E-state index in [9.17, 15) is 47.9 Å².